The van der Waals surface area contributed by atoms with E-state index in [1.54, 1.807) is 12.1 Å². The van der Waals surface area contributed by atoms with Gasteiger partial charge in [0.15, 0.2) is 0 Å². The Labute approximate surface area is 165 Å². The highest BCUT2D eigenvalue weighted by atomic mass is 32.2. The van der Waals surface area contributed by atoms with Crippen molar-refractivity contribution in [1.29, 1.82) is 0 Å². The van der Waals surface area contributed by atoms with E-state index in [0.29, 0.717) is 5.56 Å². The quantitative estimate of drug-likeness (QED) is 0.562. The molecule has 5 nitrogen and oxygen atoms in total. The first-order valence-electron chi connectivity index (χ1n) is 9.13. The van der Waals surface area contributed by atoms with Crippen LogP contribution in [0.3, 0.4) is 0 Å². The first kappa shape index (κ1) is 20.8. The Kier molecular flexibility index (Phi) is 7.73. The van der Waals surface area contributed by atoms with Crippen molar-refractivity contribution in [3.05, 3.63) is 59.7 Å². The van der Waals surface area contributed by atoms with Crippen LogP contribution in [0.4, 0.5) is 5.69 Å². The molecule has 2 N–H and O–H groups in total. The zero-order chi connectivity index (χ0) is 19.8. The number of thioether (sulfide) groups is 1. The standard InChI is InChI=1S/C21H27N3O2S/c1-5-24(6-2)18-11-9-17(10-12-18)21(26)23-22-20(25)16(4)27-19-13-7-15(3)8-14-19/h7-14,16H,5-6H2,1-4H3,(H,22,25)(H,23,26). The van der Waals surface area contributed by atoms with E-state index in [-0.39, 0.29) is 17.1 Å². The van der Waals surface area contributed by atoms with E-state index in [9.17, 15) is 9.59 Å². The van der Waals surface area contributed by atoms with Crippen molar-refractivity contribution in [2.75, 3.05) is 18.0 Å². The summed E-state index contributed by atoms with van der Waals surface area (Å²) < 4.78 is 0. The first-order valence-corrected chi connectivity index (χ1v) is 10.0. The van der Waals surface area contributed by atoms with Crippen LogP contribution in [0, 0.1) is 6.92 Å². The van der Waals surface area contributed by atoms with Gasteiger partial charge >= 0.3 is 0 Å². The number of anilines is 1. The molecule has 0 spiro atoms. The number of rotatable bonds is 7. The van der Waals surface area contributed by atoms with Gasteiger partial charge in [-0.2, -0.15) is 0 Å². The second-order valence-electron chi connectivity index (χ2n) is 6.24. The number of nitrogens with zero attached hydrogens (tertiary/aromatic N) is 1. The van der Waals surface area contributed by atoms with Crippen LogP contribution in [0.2, 0.25) is 0 Å². The van der Waals surface area contributed by atoms with Gasteiger partial charge in [-0.05, 0) is 64.1 Å². The van der Waals surface area contributed by atoms with E-state index >= 15 is 0 Å². The summed E-state index contributed by atoms with van der Waals surface area (Å²) in [5.74, 6) is -0.573. The third-order valence-electron chi connectivity index (χ3n) is 4.26. The Morgan fingerprint density at radius 3 is 2.11 bits per heavy atom. The Morgan fingerprint density at radius 1 is 0.963 bits per heavy atom. The molecule has 0 aromatic heterocycles. The smallest absolute Gasteiger partial charge is 0.269 e. The molecule has 0 saturated heterocycles. The van der Waals surface area contributed by atoms with E-state index in [1.807, 2.05) is 50.2 Å². The van der Waals surface area contributed by atoms with Crippen LogP contribution in [0.25, 0.3) is 0 Å². The molecule has 0 bridgehead atoms. The molecule has 0 saturated carbocycles. The summed E-state index contributed by atoms with van der Waals surface area (Å²) in [6.45, 7) is 9.84. The molecule has 27 heavy (non-hydrogen) atoms. The zero-order valence-corrected chi connectivity index (χ0v) is 17.1. The summed E-state index contributed by atoms with van der Waals surface area (Å²) in [6, 6.07) is 15.4. The number of nitrogens with one attached hydrogen (secondary N) is 2. The lowest BCUT2D eigenvalue weighted by atomic mass is 10.2. The van der Waals surface area contributed by atoms with Crippen molar-refractivity contribution >= 4 is 29.3 Å². The van der Waals surface area contributed by atoms with Gasteiger partial charge in [-0.1, -0.05) is 17.7 Å². The number of hydrogen-bond acceptors (Lipinski definition) is 4. The summed E-state index contributed by atoms with van der Waals surface area (Å²) >= 11 is 1.45. The highest BCUT2D eigenvalue weighted by Gasteiger charge is 2.15. The molecule has 144 valence electrons. The molecule has 2 amide bonds. The fourth-order valence-corrected chi connectivity index (χ4v) is 3.45. The normalized spacial score (nSPS) is 11.6. The van der Waals surface area contributed by atoms with Crippen molar-refractivity contribution in [3.63, 3.8) is 0 Å². The van der Waals surface area contributed by atoms with Crippen LogP contribution >= 0.6 is 11.8 Å². The number of aryl methyl sites for hydroxylation is 1. The maximum absolute atomic E-state index is 12.2. The van der Waals surface area contributed by atoms with Crippen LogP contribution in [-0.2, 0) is 4.79 Å². The predicted octanol–water partition coefficient (Wildman–Crippen LogP) is 3.78. The molecule has 6 heteroatoms. The molecule has 0 fully saturated rings. The summed E-state index contributed by atoms with van der Waals surface area (Å²) in [4.78, 5) is 27.7. The third kappa shape index (κ3) is 6.03. The van der Waals surface area contributed by atoms with Gasteiger partial charge in [0.25, 0.3) is 11.8 Å². The molecule has 0 aliphatic carbocycles. The van der Waals surface area contributed by atoms with E-state index < -0.39 is 0 Å². The van der Waals surface area contributed by atoms with Gasteiger partial charge in [0.2, 0.25) is 0 Å². The maximum Gasteiger partial charge on any atom is 0.269 e. The number of carbonyl (C=O) groups is 2. The lowest BCUT2D eigenvalue weighted by Gasteiger charge is -2.21. The molecule has 0 radical (unpaired) electrons. The van der Waals surface area contributed by atoms with Crippen LogP contribution in [-0.4, -0.2) is 30.2 Å². The average Bonchev–Trinajstić information content (AvgIpc) is 2.69. The van der Waals surface area contributed by atoms with Crippen LogP contribution in [0.1, 0.15) is 36.7 Å². The van der Waals surface area contributed by atoms with Gasteiger partial charge in [0, 0.05) is 29.2 Å². The molecule has 0 heterocycles. The number of benzene rings is 2. The van der Waals surface area contributed by atoms with Crippen molar-refractivity contribution in [1.82, 2.24) is 10.9 Å². The molecular weight excluding hydrogens is 358 g/mol. The van der Waals surface area contributed by atoms with Crippen LogP contribution < -0.4 is 15.8 Å². The first-order chi connectivity index (χ1) is 12.9. The van der Waals surface area contributed by atoms with Crippen LogP contribution in [0.15, 0.2) is 53.4 Å². The van der Waals surface area contributed by atoms with Crippen molar-refractivity contribution < 1.29 is 9.59 Å². The molecule has 0 aliphatic rings. The van der Waals surface area contributed by atoms with Gasteiger partial charge in [0.1, 0.15) is 0 Å². The Balaban J connectivity index is 1.86. The summed E-state index contributed by atoms with van der Waals surface area (Å²) in [6.07, 6.45) is 0. The Hall–Kier alpha value is -2.47. The van der Waals surface area contributed by atoms with Gasteiger partial charge in [-0.3, -0.25) is 20.4 Å². The molecule has 0 aliphatic heterocycles. The number of carbonyl (C=O) groups excluding carboxylic acids is 2. The highest BCUT2D eigenvalue weighted by Crippen LogP contribution is 2.23. The minimum Gasteiger partial charge on any atom is -0.372 e. The zero-order valence-electron chi connectivity index (χ0n) is 16.3. The molecule has 1 unspecified atom stereocenters. The van der Waals surface area contributed by atoms with Gasteiger partial charge in [0.05, 0.1) is 5.25 Å². The lowest BCUT2D eigenvalue weighted by molar-refractivity contribution is -0.121. The number of hydrazine groups is 1. The number of amides is 2. The van der Waals surface area contributed by atoms with Crippen LogP contribution in [0.5, 0.6) is 0 Å². The van der Waals surface area contributed by atoms with Crippen molar-refractivity contribution in [2.24, 2.45) is 0 Å². The fraction of sp³-hybridized carbons (Fsp3) is 0.333. The monoisotopic (exact) mass is 385 g/mol. The fourth-order valence-electron chi connectivity index (χ4n) is 2.58. The second kappa shape index (κ2) is 10.0. The Morgan fingerprint density at radius 2 is 1.56 bits per heavy atom. The molecule has 2 aromatic rings. The third-order valence-corrected chi connectivity index (χ3v) is 5.37. The van der Waals surface area contributed by atoms with E-state index in [1.165, 1.54) is 17.3 Å². The minimum absolute atomic E-state index is 0.242. The van der Waals surface area contributed by atoms with Crippen molar-refractivity contribution in [3.8, 4) is 0 Å². The van der Waals surface area contributed by atoms with Gasteiger partial charge in [-0.25, -0.2) is 0 Å². The lowest BCUT2D eigenvalue weighted by Crippen LogP contribution is -2.44. The average molecular weight is 386 g/mol. The second-order valence-corrected chi connectivity index (χ2v) is 7.65. The van der Waals surface area contributed by atoms with E-state index in [4.69, 9.17) is 0 Å². The summed E-state index contributed by atoms with van der Waals surface area (Å²) in [5, 5.41) is -0.321. The molecule has 2 rings (SSSR count). The highest BCUT2D eigenvalue weighted by molar-refractivity contribution is 8.00. The topological polar surface area (TPSA) is 61.4 Å². The molecular formula is C21H27N3O2S. The van der Waals surface area contributed by atoms with E-state index in [0.717, 1.165) is 23.7 Å². The molecule has 2 aromatic carbocycles. The van der Waals surface area contributed by atoms with Crippen molar-refractivity contribution in [2.45, 2.75) is 37.8 Å². The van der Waals surface area contributed by atoms with Gasteiger partial charge < -0.3 is 4.90 Å². The summed E-state index contributed by atoms with van der Waals surface area (Å²) in [7, 11) is 0. The number of hydrogen-bond donors (Lipinski definition) is 2. The van der Waals surface area contributed by atoms with E-state index in [2.05, 4.69) is 29.6 Å². The maximum atomic E-state index is 12.2. The summed E-state index contributed by atoms with van der Waals surface area (Å²) in [5.41, 5.74) is 7.74. The largest absolute Gasteiger partial charge is 0.372 e. The Bertz CT molecular complexity index is 756. The van der Waals surface area contributed by atoms with Gasteiger partial charge in [-0.15, -0.1) is 11.8 Å². The predicted molar refractivity (Wildman–Crippen MR) is 112 cm³/mol. The SMILES string of the molecule is CCN(CC)c1ccc(C(=O)NNC(=O)C(C)Sc2ccc(C)cc2)cc1. The molecule has 1 atom stereocenters. The minimum atomic E-state index is -0.331.